The fraction of sp³-hybridized carbons (Fsp3) is 0.111. The predicted molar refractivity (Wildman–Crippen MR) is 92.4 cm³/mol. The summed E-state index contributed by atoms with van der Waals surface area (Å²) in [5.41, 5.74) is 2.35. The molecule has 0 radical (unpaired) electrons. The molecular formula is C18H14N4O3. The highest BCUT2D eigenvalue weighted by Gasteiger charge is 2.14. The number of hydrogen-bond acceptors (Lipinski definition) is 6. The van der Waals surface area contributed by atoms with Gasteiger partial charge in [-0.3, -0.25) is 9.78 Å². The summed E-state index contributed by atoms with van der Waals surface area (Å²) in [5, 5.41) is 4.62. The van der Waals surface area contributed by atoms with E-state index in [4.69, 9.17) is 9.26 Å². The number of ether oxygens (including phenoxy) is 1. The second kappa shape index (κ2) is 5.86. The number of aromatic nitrogens is 4. The molecule has 1 aromatic carbocycles. The molecule has 3 heterocycles. The van der Waals surface area contributed by atoms with Gasteiger partial charge in [0, 0.05) is 24.1 Å². The lowest BCUT2D eigenvalue weighted by molar-refractivity contribution is 0.394. The van der Waals surface area contributed by atoms with E-state index >= 15 is 0 Å². The average Bonchev–Trinajstić information content (AvgIpc) is 3.06. The third-order valence-electron chi connectivity index (χ3n) is 3.88. The van der Waals surface area contributed by atoms with Gasteiger partial charge in [0.05, 0.1) is 23.9 Å². The van der Waals surface area contributed by atoms with E-state index in [1.165, 1.54) is 0 Å². The maximum atomic E-state index is 12.4. The molecule has 124 valence electrons. The molecule has 0 aliphatic heterocycles. The standard InChI is InChI=1S/C18H14N4O3/c1-10-20-17(22-25-10)14-9-13-15(21-18(14)23)6-7-19-16(13)11-4-3-5-12(8-11)24-2/h3-9H,1-2H3,(H,21,23). The number of nitrogens with one attached hydrogen (secondary N) is 1. The molecule has 1 N–H and O–H groups in total. The van der Waals surface area contributed by atoms with Crippen LogP contribution < -0.4 is 10.3 Å². The van der Waals surface area contributed by atoms with Crippen LogP contribution >= 0.6 is 0 Å². The summed E-state index contributed by atoms with van der Waals surface area (Å²) in [7, 11) is 1.61. The van der Waals surface area contributed by atoms with Gasteiger partial charge in [0.1, 0.15) is 5.75 Å². The molecule has 0 bridgehead atoms. The zero-order valence-electron chi connectivity index (χ0n) is 13.6. The number of rotatable bonds is 3. The molecular weight excluding hydrogens is 320 g/mol. The Hall–Kier alpha value is -3.48. The van der Waals surface area contributed by atoms with Crippen LogP contribution in [-0.2, 0) is 0 Å². The Bertz CT molecular complexity index is 1130. The summed E-state index contributed by atoms with van der Waals surface area (Å²) in [6.07, 6.45) is 1.66. The first kappa shape index (κ1) is 15.1. The normalized spacial score (nSPS) is 11.0. The van der Waals surface area contributed by atoms with Crippen LogP contribution in [0, 0.1) is 6.92 Å². The van der Waals surface area contributed by atoms with Gasteiger partial charge in [-0.1, -0.05) is 17.3 Å². The maximum absolute atomic E-state index is 12.4. The van der Waals surface area contributed by atoms with Crippen LogP contribution in [0.2, 0.25) is 0 Å². The monoisotopic (exact) mass is 334 g/mol. The molecule has 4 aromatic rings. The molecule has 0 fully saturated rings. The molecule has 4 rings (SSSR count). The third kappa shape index (κ3) is 2.65. The number of fused-ring (bicyclic) bond motifs is 1. The zero-order valence-corrected chi connectivity index (χ0v) is 13.6. The van der Waals surface area contributed by atoms with E-state index in [0.29, 0.717) is 17.0 Å². The molecule has 0 aliphatic carbocycles. The van der Waals surface area contributed by atoms with Gasteiger partial charge < -0.3 is 14.2 Å². The molecule has 7 heteroatoms. The van der Waals surface area contributed by atoms with E-state index in [0.717, 1.165) is 22.4 Å². The van der Waals surface area contributed by atoms with Crippen LogP contribution in [-0.4, -0.2) is 27.2 Å². The molecule has 0 unspecified atom stereocenters. The lowest BCUT2D eigenvalue weighted by atomic mass is 10.0. The van der Waals surface area contributed by atoms with Gasteiger partial charge in [-0.15, -0.1) is 0 Å². The van der Waals surface area contributed by atoms with E-state index in [-0.39, 0.29) is 11.4 Å². The number of aromatic amines is 1. The van der Waals surface area contributed by atoms with Crippen molar-refractivity contribution in [3.63, 3.8) is 0 Å². The Morgan fingerprint density at radius 1 is 1.20 bits per heavy atom. The van der Waals surface area contributed by atoms with Crippen molar-refractivity contribution in [2.24, 2.45) is 0 Å². The molecule has 0 aliphatic rings. The van der Waals surface area contributed by atoms with Crippen LogP contribution in [0.15, 0.2) is 51.9 Å². The van der Waals surface area contributed by atoms with E-state index in [9.17, 15) is 4.79 Å². The lowest BCUT2D eigenvalue weighted by Crippen LogP contribution is -2.10. The summed E-state index contributed by atoms with van der Waals surface area (Å²) >= 11 is 0. The summed E-state index contributed by atoms with van der Waals surface area (Å²) in [4.78, 5) is 23.9. The number of benzene rings is 1. The number of pyridine rings is 2. The second-order valence-electron chi connectivity index (χ2n) is 5.50. The second-order valence-corrected chi connectivity index (χ2v) is 5.50. The number of aryl methyl sites for hydroxylation is 1. The Kier molecular flexibility index (Phi) is 3.53. The van der Waals surface area contributed by atoms with Crippen molar-refractivity contribution in [2.75, 3.05) is 7.11 Å². The van der Waals surface area contributed by atoms with Gasteiger partial charge in [-0.2, -0.15) is 4.98 Å². The van der Waals surface area contributed by atoms with Gasteiger partial charge in [0.2, 0.25) is 11.7 Å². The van der Waals surface area contributed by atoms with E-state index < -0.39 is 0 Å². The predicted octanol–water partition coefficient (Wildman–Crippen LogP) is 2.96. The Labute approximate surface area is 142 Å². The SMILES string of the molecule is COc1cccc(-c2nccc3[nH]c(=O)c(-c4noc(C)n4)cc23)c1. The fourth-order valence-electron chi connectivity index (χ4n) is 2.70. The number of methoxy groups -OCH3 is 1. The van der Waals surface area contributed by atoms with Crippen LogP contribution in [0.5, 0.6) is 5.75 Å². The topological polar surface area (TPSA) is 93.9 Å². The molecule has 3 aromatic heterocycles. The van der Waals surface area contributed by atoms with Gasteiger partial charge in [-0.05, 0) is 24.3 Å². The van der Waals surface area contributed by atoms with E-state index in [1.807, 2.05) is 24.3 Å². The van der Waals surface area contributed by atoms with E-state index in [1.54, 1.807) is 32.4 Å². The van der Waals surface area contributed by atoms with Crippen molar-refractivity contribution in [1.29, 1.82) is 0 Å². The first-order chi connectivity index (χ1) is 12.2. The molecule has 0 saturated heterocycles. The maximum Gasteiger partial charge on any atom is 0.259 e. The molecule has 25 heavy (non-hydrogen) atoms. The van der Waals surface area contributed by atoms with Crippen LogP contribution in [0.3, 0.4) is 0 Å². The first-order valence-corrected chi connectivity index (χ1v) is 7.63. The average molecular weight is 334 g/mol. The molecule has 0 saturated carbocycles. The minimum Gasteiger partial charge on any atom is -0.497 e. The van der Waals surface area contributed by atoms with Gasteiger partial charge in [0.15, 0.2) is 0 Å². The van der Waals surface area contributed by atoms with Crippen LogP contribution in [0.25, 0.3) is 33.5 Å². The minimum atomic E-state index is -0.281. The van der Waals surface area contributed by atoms with Crippen molar-refractivity contribution in [2.45, 2.75) is 6.92 Å². The molecule has 0 atom stereocenters. The molecule has 0 amide bonds. The Morgan fingerprint density at radius 2 is 2.08 bits per heavy atom. The van der Waals surface area contributed by atoms with Gasteiger partial charge in [-0.25, -0.2) is 0 Å². The highest BCUT2D eigenvalue weighted by molar-refractivity contribution is 5.94. The largest absolute Gasteiger partial charge is 0.497 e. The van der Waals surface area contributed by atoms with Gasteiger partial charge in [0.25, 0.3) is 5.56 Å². The summed E-state index contributed by atoms with van der Waals surface area (Å²) < 4.78 is 10.3. The molecule has 7 nitrogen and oxygen atoms in total. The highest BCUT2D eigenvalue weighted by atomic mass is 16.5. The smallest absolute Gasteiger partial charge is 0.259 e. The zero-order chi connectivity index (χ0) is 17.4. The van der Waals surface area contributed by atoms with Crippen molar-refractivity contribution in [3.8, 4) is 28.4 Å². The van der Waals surface area contributed by atoms with Crippen LogP contribution in [0.4, 0.5) is 0 Å². The summed E-state index contributed by atoms with van der Waals surface area (Å²) in [5.74, 6) is 1.38. The quantitative estimate of drug-likeness (QED) is 0.619. The molecule has 0 spiro atoms. The number of nitrogens with zero attached hydrogens (tertiary/aromatic N) is 3. The summed E-state index contributed by atoms with van der Waals surface area (Å²) in [6, 6.07) is 11.1. The van der Waals surface area contributed by atoms with Crippen molar-refractivity contribution >= 4 is 10.9 Å². The van der Waals surface area contributed by atoms with Crippen LogP contribution in [0.1, 0.15) is 5.89 Å². The van der Waals surface area contributed by atoms with Gasteiger partial charge >= 0.3 is 0 Å². The van der Waals surface area contributed by atoms with Crippen molar-refractivity contribution in [1.82, 2.24) is 20.1 Å². The van der Waals surface area contributed by atoms with E-state index in [2.05, 4.69) is 20.1 Å². The lowest BCUT2D eigenvalue weighted by Gasteiger charge is -2.08. The van der Waals surface area contributed by atoms with Crippen molar-refractivity contribution < 1.29 is 9.26 Å². The highest BCUT2D eigenvalue weighted by Crippen LogP contribution is 2.29. The van der Waals surface area contributed by atoms with Crippen molar-refractivity contribution in [3.05, 3.63) is 58.8 Å². The Balaban J connectivity index is 1.98. The fourth-order valence-corrected chi connectivity index (χ4v) is 2.70. The number of hydrogen-bond donors (Lipinski definition) is 1. The Morgan fingerprint density at radius 3 is 2.84 bits per heavy atom. The summed E-state index contributed by atoms with van der Waals surface area (Å²) in [6.45, 7) is 1.68. The first-order valence-electron chi connectivity index (χ1n) is 7.63. The third-order valence-corrected chi connectivity index (χ3v) is 3.88. The number of H-pyrrole nitrogens is 1. The minimum absolute atomic E-state index is 0.251.